The number of nitrogens with zero attached hydrogens (tertiary/aromatic N) is 1. The first kappa shape index (κ1) is 13.3. The van der Waals surface area contributed by atoms with Gasteiger partial charge in [-0.2, -0.15) is 0 Å². The molecule has 0 spiro atoms. The van der Waals surface area contributed by atoms with Crippen molar-refractivity contribution in [2.75, 3.05) is 6.26 Å². The molecule has 19 heavy (non-hydrogen) atoms. The quantitative estimate of drug-likeness (QED) is 0.841. The lowest BCUT2D eigenvalue weighted by atomic mass is 9.88. The van der Waals surface area contributed by atoms with Crippen molar-refractivity contribution < 1.29 is 8.42 Å². The van der Waals surface area contributed by atoms with Crippen LogP contribution < -0.4 is 5.32 Å². The predicted octanol–water partition coefficient (Wildman–Crippen LogP) is 3.31. The van der Waals surface area contributed by atoms with E-state index in [-0.39, 0.29) is 5.92 Å². The summed E-state index contributed by atoms with van der Waals surface area (Å²) in [5, 5.41) is 4.65. The van der Waals surface area contributed by atoms with Crippen LogP contribution in [0.3, 0.4) is 0 Å². The molecule has 0 N–H and O–H groups in total. The molecule has 0 saturated heterocycles. The average Bonchev–Trinajstić information content (AvgIpc) is 2.80. The molecule has 2 aliphatic rings. The lowest BCUT2D eigenvalue weighted by Gasteiger charge is -2.36. The van der Waals surface area contributed by atoms with Crippen molar-refractivity contribution in [3.63, 3.8) is 0 Å². The Labute approximate surface area is 119 Å². The molecule has 0 aromatic heterocycles. The first-order valence-corrected chi connectivity index (χ1v) is 9.44. The van der Waals surface area contributed by atoms with E-state index in [9.17, 15) is 8.42 Å². The van der Waals surface area contributed by atoms with E-state index in [0.717, 1.165) is 36.3 Å². The molecular formula is C14H18NO2S2. The zero-order valence-electron chi connectivity index (χ0n) is 11.0. The van der Waals surface area contributed by atoms with Gasteiger partial charge in [0.15, 0.2) is 9.84 Å². The maximum absolute atomic E-state index is 12.4. The van der Waals surface area contributed by atoms with Gasteiger partial charge in [-0.3, -0.25) is 0 Å². The fourth-order valence-corrected chi connectivity index (χ4v) is 6.29. The summed E-state index contributed by atoms with van der Waals surface area (Å²) in [7, 11) is -3.24. The summed E-state index contributed by atoms with van der Waals surface area (Å²) in [5.74, 6) is 0.147. The lowest BCUT2D eigenvalue weighted by Crippen LogP contribution is -2.47. The molecule has 1 radical (unpaired) electrons. The third-order valence-electron chi connectivity index (χ3n) is 4.05. The predicted molar refractivity (Wildman–Crippen MR) is 78.2 cm³/mol. The number of hydrogen-bond donors (Lipinski definition) is 0. The molecule has 1 aromatic carbocycles. The van der Waals surface area contributed by atoms with Gasteiger partial charge in [0.1, 0.15) is 0 Å². The van der Waals surface area contributed by atoms with E-state index in [0.29, 0.717) is 0 Å². The first-order chi connectivity index (χ1) is 9.03. The zero-order valence-corrected chi connectivity index (χ0v) is 12.6. The fraction of sp³-hybridized carbons (Fsp3) is 0.571. The Balaban J connectivity index is 2.02. The molecule has 3 nitrogen and oxygen atoms in total. The molecule has 3 rings (SSSR count). The highest BCUT2D eigenvalue weighted by Crippen LogP contribution is 2.54. The van der Waals surface area contributed by atoms with Gasteiger partial charge in [-0.25, -0.2) is 13.7 Å². The van der Waals surface area contributed by atoms with Crippen LogP contribution in [0.25, 0.3) is 0 Å². The highest BCUT2D eigenvalue weighted by atomic mass is 32.3. The highest BCUT2D eigenvalue weighted by molar-refractivity contribution is 8.14. The van der Waals surface area contributed by atoms with Gasteiger partial charge in [-0.1, -0.05) is 43.2 Å². The van der Waals surface area contributed by atoms with Gasteiger partial charge < -0.3 is 0 Å². The van der Waals surface area contributed by atoms with Gasteiger partial charge in [-0.05, 0) is 25.0 Å². The molecule has 5 heteroatoms. The van der Waals surface area contributed by atoms with Gasteiger partial charge in [0.05, 0.1) is 5.69 Å². The Morgan fingerprint density at radius 2 is 1.89 bits per heavy atom. The number of thioether (sulfide) groups is 1. The second-order valence-electron chi connectivity index (χ2n) is 5.42. The third kappa shape index (κ3) is 2.17. The van der Waals surface area contributed by atoms with E-state index in [1.165, 1.54) is 24.4 Å². The Morgan fingerprint density at radius 3 is 2.53 bits per heavy atom. The van der Waals surface area contributed by atoms with Crippen molar-refractivity contribution in [2.24, 2.45) is 5.92 Å². The largest absolute Gasteiger partial charge is 0.250 e. The fourth-order valence-electron chi connectivity index (χ4n) is 3.09. The van der Waals surface area contributed by atoms with Crippen LogP contribution in [0.4, 0.5) is 5.69 Å². The summed E-state index contributed by atoms with van der Waals surface area (Å²) in [4.78, 5) is 0.999. The number of para-hydroxylation sites is 1. The van der Waals surface area contributed by atoms with Gasteiger partial charge in [-0.15, -0.1) is 0 Å². The van der Waals surface area contributed by atoms with Crippen molar-refractivity contribution >= 4 is 27.3 Å². The van der Waals surface area contributed by atoms with Crippen LogP contribution in [0.2, 0.25) is 0 Å². The molecule has 1 heterocycles. The average molecular weight is 296 g/mol. The summed E-state index contributed by atoms with van der Waals surface area (Å²) in [5.41, 5.74) is 0.837. The van der Waals surface area contributed by atoms with Crippen LogP contribution in [0.5, 0.6) is 0 Å². The number of fused-ring (bicyclic) bond motifs is 1. The Hall–Kier alpha value is -0.680. The summed E-state index contributed by atoms with van der Waals surface area (Å²) in [6.45, 7) is 0. The molecule has 1 aliphatic carbocycles. The van der Waals surface area contributed by atoms with E-state index in [2.05, 4.69) is 5.32 Å². The minimum absolute atomic E-state index is 0.147. The van der Waals surface area contributed by atoms with Crippen LogP contribution in [-0.2, 0) is 9.84 Å². The SMILES string of the molecule is CS(=O)(=O)C1(C2CCCCC2)[N]c2ccccc2S1. The normalized spacial score (nSPS) is 27.8. The van der Waals surface area contributed by atoms with Crippen molar-refractivity contribution in [1.29, 1.82) is 0 Å². The van der Waals surface area contributed by atoms with Gasteiger partial charge in [0.2, 0.25) is 4.20 Å². The van der Waals surface area contributed by atoms with Crippen LogP contribution in [0.15, 0.2) is 29.2 Å². The van der Waals surface area contributed by atoms with E-state index < -0.39 is 14.0 Å². The molecule has 1 aromatic rings. The number of rotatable bonds is 2. The molecule has 103 valence electrons. The maximum atomic E-state index is 12.4. The molecular weight excluding hydrogens is 278 g/mol. The van der Waals surface area contributed by atoms with Crippen LogP contribution in [-0.4, -0.2) is 18.9 Å². The van der Waals surface area contributed by atoms with Crippen LogP contribution in [0.1, 0.15) is 32.1 Å². The second kappa shape index (κ2) is 4.70. The number of hydrogen-bond acceptors (Lipinski definition) is 3. The lowest BCUT2D eigenvalue weighted by molar-refractivity contribution is 0.311. The topological polar surface area (TPSA) is 48.2 Å². The minimum Gasteiger partial charge on any atom is -0.250 e. The molecule has 1 fully saturated rings. The van der Waals surface area contributed by atoms with Crippen molar-refractivity contribution in [3.05, 3.63) is 24.3 Å². The van der Waals surface area contributed by atoms with E-state index in [1.807, 2.05) is 24.3 Å². The number of sulfone groups is 1. The van der Waals surface area contributed by atoms with Gasteiger partial charge >= 0.3 is 0 Å². The third-order valence-corrected chi connectivity index (χ3v) is 7.98. The summed E-state index contributed by atoms with van der Waals surface area (Å²) < 4.78 is 23.8. The van der Waals surface area contributed by atoms with Gasteiger partial charge in [0, 0.05) is 17.1 Å². The van der Waals surface area contributed by atoms with Crippen LogP contribution >= 0.6 is 11.8 Å². The molecule has 1 saturated carbocycles. The van der Waals surface area contributed by atoms with E-state index >= 15 is 0 Å². The first-order valence-electron chi connectivity index (χ1n) is 6.73. The van der Waals surface area contributed by atoms with Crippen molar-refractivity contribution in [3.8, 4) is 0 Å². The molecule has 0 bridgehead atoms. The smallest absolute Gasteiger partial charge is 0.214 e. The molecule has 0 amide bonds. The van der Waals surface area contributed by atoms with Gasteiger partial charge in [0.25, 0.3) is 0 Å². The summed E-state index contributed by atoms with van der Waals surface area (Å²) >= 11 is 1.44. The van der Waals surface area contributed by atoms with Crippen molar-refractivity contribution in [2.45, 2.75) is 41.2 Å². The molecule has 1 unspecified atom stereocenters. The summed E-state index contributed by atoms with van der Waals surface area (Å²) in [6.07, 6.45) is 6.73. The number of benzene rings is 1. The van der Waals surface area contributed by atoms with E-state index in [1.54, 1.807) is 0 Å². The zero-order chi connectivity index (χ0) is 13.5. The monoisotopic (exact) mass is 296 g/mol. The summed E-state index contributed by atoms with van der Waals surface area (Å²) in [6, 6.07) is 7.75. The molecule has 1 atom stereocenters. The maximum Gasteiger partial charge on any atom is 0.214 e. The van der Waals surface area contributed by atoms with E-state index in [4.69, 9.17) is 0 Å². The Kier molecular flexibility index (Phi) is 3.29. The standard InChI is InChI=1S/C14H18NO2S2/c1-19(16,17)14(11-7-3-2-4-8-11)15-12-9-5-6-10-13(12)18-14/h5-6,9-11H,2-4,7-8H2,1H3. The Bertz CT molecular complexity index is 552. The minimum atomic E-state index is -3.24. The van der Waals surface area contributed by atoms with Crippen LogP contribution in [0, 0.1) is 5.92 Å². The second-order valence-corrected chi connectivity index (χ2v) is 9.11. The molecule has 1 aliphatic heterocycles. The van der Waals surface area contributed by atoms with Crippen molar-refractivity contribution in [1.82, 2.24) is 5.32 Å². The highest BCUT2D eigenvalue weighted by Gasteiger charge is 2.54. The Morgan fingerprint density at radius 1 is 1.21 bits per heavy atom.